The minimum absolute atomic E-state index is 0.134. The normalized spacial score (nSPS) is 28.1. The monoisotopic (exact) mass is 293 g/mol. The van der Waals surface area contributed by atoms with Crippen molar-refractivity contribution in [1.29, 1.82) is 0 Å². The molecule has 1 aromatic rings. The molecule has 0 aliphatic heterocycles. The molecule has 0 spiro atoms. The Labute approximate surface area is 126 Å². The number of rotatable bonds is 3. The van der Waals surface area contributed by atoms with Crippen LogP contribution >= 0.6 is 0 Å². The summed E-state index contributed by atoms with van der Waals surface area (Å²) in [7, 11) is 0. The van der Waals surface area contributed by atoms with E-state index < -0.39 is 0 Å². The summed E-state index contributed by atoms with van der Waals surface area (Å²) >= 11 is 0. The lowest BCUT2D eigenvalue weighted by Gasteiger charge is -2.46. The molecule has 1 fully saturated rings. The van der Waals surface area contributed by atoms with Gasteiger partial charge in [-0.25, -0.2) is 9.78 Å². The highest BCUT2D eigenvalue weighted by Gasteiger charge is 2.40. The Morgan fingerprint density at radius 3 is 2.71 bits per heavy atom. The first-order chi connectivity index (χ1) is 9.69. The second-order valence-corrected chi connectivity index (χ2v) is 7.58. The first-order valence-corrected chi connectivity index (χ1v) is 7.64. The molecular weight excluding hydrogens is 266 g/mol. The molecule has 0 saturated heterocycles. The summed E-state index contributed by atoms with van der Waals surface area (Å²) in [4.78, 5) is 16.2. The van der Waals surface area contributed by atoms with Crippen LogP contribution in [0.1, 0.15) is 58.4 Å². The van der Waals surface area contributed by atoms with E-state index in [9.17, 15) is 4.79 Å². The Morgan fingerprint density at radius 1 is 1.43 bits per heavy atom. The Morgan fingerprint density at radius 2 is 2.14 bits per heavy atom. The molecule has 21 heavy (non-hydrogen) atoms. The van der Waals surface area contributed by atoms with E-state index in [4.69, 9.17) is 4.42 Å². The van der Waals surface area contributed by atoms with E-state index in [0.717, 1.165) is 24.3 Å². The smallest absolute Gasteiger partial charge is 0.315 e. The fraction of sp³-hybridized carbons (Fsp3) is 0.750. The lowest BCUT2D eigenvalue weighted by atomic mass is 9.65. The Hall–Kier alpha value is -1.52. The molecule has 2 amide bonds. The van der Waals surface area contributed by atoms with Gasteiger partial charge in [0.2, 0.25) is 0 Å². The van der Waals surface area contributed by atoms with Crippen molar-refractivity contribution in [1.82, 2.24) is 15.6 Å². The van der Waals surface area contributed by atoms with Crippen LogP contribution in [0.5, 0.6) is 0 Å². The van der Waals surface area contributed by atoms with Gasteiger partial charge in [0, 0.05) is 5.54 Å². The minimum atomic E-state index is -0.149. The van der Waals surface area contributed by atoms with Crippen LogP contribution in [-0.4, -0.2) is 16.6 Å². The number of hydrogen-bond donors (Lipinski definition) is 2. The molecule has 5 nitrogen and oxygen atoms in total. The first-order valence-electron chi connectivity index (χ1n) is 7.64. The molecule has 0 aromatic carbocycles. The minimum Gasteiger partial charge on any atom is -0.448 e. The van der Waals surface area contributed by atoms with Crippen molar-refractivity contribution in [2.24, 2.45) is 11.3 Å². The Bertz CT molecular complexity index is 509. The summed E-state index contributed by atoms with van der Waals surface area (Å²) in [6, 6.07) is -0.134. The van der Waals surface area contributed by atoms with Crippen molar-refractivity contribution in [3.63, 3.8) is 0 Å². The van der Waals surface area contributed by atoms with E-state index in [1.54, 1.807) is 0 Å². The maximum absolute atomic E-state index is 12.2. The van der Waals surface area contributed by atoms with Gasteiger partial charge >= 0.3 is 6.03 Å². The second kappa shape index (κ2) is 5.70. The molecular formula is C16H27N3O2. The molecule has 5 heteroatoms. The van der Waals surface area contributed by atoms with Gasteiger partial charge in [-0.05, 0) is 44.4 Å². The molecule has 1 heterocycles. The molecule has 1 aliphatic rings. The van der Waals surface area contributed by atoms with Crippen LogP contribution in [0.3, 0.4) is 0 Å². The summed E-state index contributed by atoms with van der Waals surface area (Å²) < 4.78 is 5.13. The van der Waals surface area contributed by atoms with Crippen LogP contribution in [0.2, 0.25) is 0 Å². The largest absolute Gasteiger partial charge is 0.448 e. The van der Waals surface area contributed by atoms with E-state index in [0.29, 0.717) is 12.5 Å². The molecule has 1 aromatic heterocycles. The van der Waals surface area contributed by atoms with Gasteiger partial charge in [0.25, 0.3) is 0 Å². The predicted octanol–water partition coefficient (Wildman–Crippen LogP) is 3.39. The van der Waals surface area contributed by atoms with E-state index >= 15 is 0 Å². The van der Waals surface area contributed by atoms with Gasteiger partial charge in [0.15, 0.2) is 6.39 Å². The van der Waals surface area contributed by atoms with Crippen LogP contribution in [0, 0.1) is 18.3 Å². The maximum Gasteiger partial charge on any atom is 0.315 e. The highest BCUT2D eigenvalue weighted by atomic mass is 16.3. The number of nitrogens with zero attached hydrogens (tertiary/aromatic N) is 1. The fourth-order valence-corrected chi connectivity index (χ4v) is 4.06. The average molecular weight is 293 g/mol. The number of carbonyl (C=O) groups excluding carboxylic acids is 1. The highest BCUT2D eigenvalue weighted by Crippen LogP contribution is 2.43. The second-order valence-electron chi connectivity index (χ2n) is 7.58. The molecule has 0 unspecified atom stereocenters. The van der Waals surface area contributed by atoms with Crippen molar-refractivity contribution in [3.05, 3.63) is 17.8 Å². The van der Waals surface area contributed by atoms with Crippen molar-refractivity contribution in [2.45, 2.75) is 66.0 Å². The Balaban J connectivity index is 1.90. The quantitative estimate of drug-likeness (QED) is 0.897. The molecule has 2 N–H and O–H groups in total. The predicted molar refractivity (Wildman–Crippen MR) is 81.8 cm³/mol. The van der Waals surface area contributed by atoms with Gasteiger partial charge in [-0.3, -0.25) is 0 Å². The van der Waals surface area contributed by atoms with Crippen LogP contribution in [-0.2, 0) is 6.54 Å². The third-order valence-corrected chi connectivity index (χ3v) is 4.24. The van der Waals surface area contributed by atoms with Crippen molar-refractivity contribution in [3.8, 4) is 0 Å². The third-order valence-electron chi connectivity index (χ3n) is 4.24. The van der Waals surface area contributed by atoms with Gasteiger partial charge < -0.3 is 15.1 Å². The number of carbonyl (C=O) groups is 1. The average Bonchev–Trinajstić information content (AvgIpc) is 2.68. The summed E-state index contributed by atoms with van der Waals surface area (Å²) in [5.74, 6) is 1.37. The lowest BCUT2D eigenvalue weighted by molar-refractivity contribution is 0.0983. The summed E-state index contributed by atoms with van der Waals surface area (Å²) in [5.41, 5.74) is 0.889. The van der Waals surface area contributed by atoms with Gasteiger partial charge in [0.1, 0.15) is 11.5 Å². The van der Waals surface area contributed by atoms with Crippen molar-refractivity contribution >= 4 is 6.03 Å². The molecule has 1 saturated carbocycles. The van der Waals surface area contributed by atoms with Crippen LogP contribution in [0.4, 0.5) is 4.79 Å². The van der Waals surface area contributed by atoms with Gasteiger partial charge in [0.05, 0.1) is 6.54 Å². The lowest BCUT2D eigenvalue weighted by Crippen LogP contribution is -2.55. The van der Waals surface area contributed by atoms with Crippen molar-refractivity contribution in [2.75, 3.05) is 0 Å². The summed E-state index contributed by atoms with van der Waals surface area (Å²) in [6.45, 7) is 11.2. The number of urea groups is 1. The number of oxazole rings is 1. The van der Waals surface area contributed by atoms with E-state index in [1.165, 1.54) is 12.8 Å². The number of hydrogen-bond acceptors (Lipinski definition) is 3. The van der Waals surface area contributed by atoms with Gasteiger partial charge in [-0.1, -0.05) is 20.8 Å². The molecule has 1 aliphatic carbocycles. The maximum atomic E-state index is 12.2. The summed E-state index contributed by atoms with van der Waals surface area (Å²) in [5, 5.41) is 6.02. The third kappa shape index (κ3) is 4.22. The zero-order chi connectivity index (χ0) is 15.7. The zero-order valence-electron chi connectivity index (χ0n) is 13.7. The molecule has 2 atom stereocenters. The van der Waals surface area contributed by atoms with Crippen LogP contribution in [0.25, 0.3) is 0 Å². The van der Waals surface area contributed by atoms with Crippen LogP contribution in [0.15, 0.2) is 10.8 Å². The van der Waals surface area contributed by atoms with E-state index in [-0.39, 0.29) is 17.0 Å². The summed E-state index contributed by atoms with van der Waals surface area (Å²) in [6.07, 6.45) is 4.63. The number of aryl methyl sites for hydroxylation is 1. The molecule has 2 rings (SSSR count). The molecule has 118 valence electrons. The van der Waals surface area contributed by atoms with Crippen LogP contribution < -0.4 is 10.6 Å². The van der Waals surface area contributed by atoms with Crippen molar-refractivity contribution < 1.29 is 9.21 Å². The molecule has 0 bridgehead atoms. The van der Waals surface area contributed by atoms with Gasteiger partial charge in [-0.2, -0.15) is 0 Å². The van der Waals surface area contributed by atoms with E-state index in [2.05, 4.69) is 43.3 Å². The highest BCUT2D eigenvalue weighted by molar-refractivity contribution is 5.74. The Kier molecular flexibility index (Phi) is 4.30. The topological polar surface area (TPSA) is 67.2 Å². The fourth-order valence-electron chi connectivity index (χ4n) is 4.06. The number of amides is 2. The zero-order valence-corrected chi connectivity index (χ0v) is 13.7. The molecule has 0 radical (unpaired) electrons. The van der Waals surface area contributed by atoms with Gasteiger partial charge in [-0.15, -0.1) is 0 Å². The number of nitrogens with one attached hydrogen (secondary N) is 2. The SMILES string of the molecule is Cc1ocnc1CNC(=O)N[C@]1(C)C[C@H](C)CC(C)(C)C1. The standard InChI is InChI=1S/C16H27N3O2/c1-11-6-15(3,4)9-16(5,7-11)19-14(20)17-8-13-12(2)21-10-18-13/h10-11H,6-9H2,1-5H3,(H2,17,19,20)/t11-,16-/m1/s1. The van der Waals surface area contributed by atoms with E-state index in [1.807, 2.05) is 6.92 Å². The first kappa shape index (κ1) is 15.9. The number of aromatic nitrogens is 1.